The van der Waals surface area contributed by atoms with Gasteiger partial charge in [0.1, 0.15) is 5.75 Å². The number of methoxy groups -OCH3 is 1. The fourth-order valence-electron chi connectivity index (χ4n) is 2.91. The van der Waals surface area contributed by atoms with E-state index < -0.39 is 0 Å². The summed E-state index contributed by atoms with van der Waals surface area (Å²) in [5, 5.41) is 12.7. The molecule has 0 saturated heterocycles. The van der Waals surface area contributed by atoms with Gasteiger partial charge in [0.25, 0.3) is 0 Å². The van der Waals surface area contributed by atoms with Crippen LogP contribution in [0.2, 0.25) is 0 Å². The molecule has 0 spiro atoms. The van der Waals surface area contributed by atoms with Crippen LogP contribution in [0.3, 0.4) is 0 Å². The zero-order valence-corrected chi connectivity index (χ0v) is 11.9. The minimum absolute atomic E-state index is 0.272. The Labute approximate surface area is 116 Å². The van der Waals surface area contributed by atoms with Crippen LogP contribution in [0.25, 0.3) is 0 Å². The highest BCUT2D eigenvalue weighted by molar-refractivity contribution is 5.37. The molecule has 1 aromatic carbocycles. The largest absolute Gasteiger partial charge is 0.496 e. The van der Waals surface area contributed by atoms with Crippen molar-refractivity contribution in [2.24, 2.45) is 0 Å². The minimum atomic E-state index is 0.272. The van der Waals surface area contributed by atoms with Crippen molar-refractivity contribution in [3.63, 3.8) is 0 Å². The second-order valence-corrected chi connectivity index (χ2v) is 5.39. The summed E-state index contributed by atoms with van der Waals surface area (Å²) in [6.07, 6.45) is 4.27. The number of para-hydroxylation sites is 1. The minimum Gasteiger partial charge on any atom is -0.496 e. The van der Waals surface area contributed by atoms with Crippen molar-refractivity contribution in [3.8, 4) is 5.75 Å². The molecule has 0 heterocycles. The number of benzene rings is 1. The molecule has 2 N–H and O–H groups in total. The van der Waals surface area contributed by atoms with Crippen molar-refractivity contribution in [1.29, 1.82) is 0 Å². The molecule has 106 valence electrons. The zero-order valence-electron chi connectivity index (χ0n) is 11.9. The van der Waals surface area contributed by atoms with Crippen LogP contribution in [0.1, 0.15) is 44.1 Å². The summed E-state index contributed by atoms with van der Waals surface area (Å²) >= 11 is 0. The molecule has 19 heavy (non-hydrogen) atoms. The summed E-state index contributed by atoms with van der Waals surface area (Å²) in [5.41, 5.74) is 1.33. The van der Waals surface area contributed by atoms with Crippen molar-refractivity contribution in [2.75, 3.05) is 13.7 Å². The molecule has 2 rings (SSSR count). The molecule has 0 amide bonds. The Bertz CT molecular complexity index is 388. The van der Waals surface area contributed by atoms with Crippen LogP contribution in [0, 0.1) is 0 Å². The zero-order chi connectivity index (χ0) is 13.7. The number of ether oxygens (including phenoxy) is 1. The molecule has 0 aromatic heterocycles. The number of aliphatic hydroxyl groups is 1. The molecular weight excluding hydrogens is 238 g/mol. The van der Waals surface area contributed by atoms with E-state index >= 15 is 0 Å². The maximum atomic E-state index is 9.01. The van der Waals surface area contributed by atoms with Gasteiger partial charge >= 0.3 is 0 Å². The third-order valence-electron chi connectivity index (χ3n) is 4.16. The van der Waals surface area contributed by atoms with E-state index in [2.05, 4.69) is 24.4 Å². The number of nitrogens with one attached hydrogen (secondary N) is 1. The summed E-state index contributed by atoms with van der Waals surface area (Å²) in [4.78, 5) is 0. The Morgan fingerprint density at radius 3 is 2.74 bits per heavy atom. The first-order valence-corrected chi connectivity index (χ1v) is 7.28. The smallest absolute Gasteiger partial charge is 0.122 e. The molecule has 0 bridgehead atoms. The second kappa shape index (κ2) is 6.92. The van der Waals surface area contributed by atoms with E-state index in [1.807, 2.05) is 12.1 Å². The molecule has 1 unspecified atom stereocenters. The van der Waals surface area contributed by atoms with Crippen LogP contribution in [-0.2, 0) is 0 Å². The van der Waals surface area contributed by atoms with Crippen molar-refractivity contribution < 1.29 is 9.84 Å². The predicted molar refractivity (Wildman–Crippen MR) is 77.7 cm³/mol. The van der Waals surface area contributed by atoms with Crippen LogP contribution in [0.5, 0.6) is 5.75 Å². The van der Waals surface area contributed by atoms with Crippen molar-refractivity contribution >= 4 is 0 Å². The third kappa shape index (κ3) is 3.48. The van der Waals surface area contributed by atoms with E-state index in [0.717, 1.165) is 18.6 Å². The van der Waals surface area contributed by atoms with Gasteiger partial charge in [-0.2, -0.15) is 0 Å². The Morgan fingerprint density at radius 2 is 2.11 bits per heavy atom. The van der Waals surface area contributed by atoms with Gasteiger partial charge in [-0.1, -0.05) is 25.1 Å². The van der Waals surface area contributed by atoms with Crippen LogP contribution in [0.4, 0.5) is 0 Å². The number of rotatable bonds is 7. The van der Waals surface area contributed by atoms with E-state index in [4.69, 9.17) is 9.84 Å². The first-order valence-electron chi connectivity index (χ1n) is 7.28. The highest BCUT2D eigenvalue weighted by Gasteiger charge is 2.32. The monoisotopic (exact) mass is 263 g/mol. The van der Waals surface area contributed by atoms with E-state index in [0.29, 0.717) is 18.0 Å². The predicted octanol–water partition coefficient (Wildman–Crippen LogP) is 2.69. The fourth-order valence-corrected chi connectivity index (χ4v) is 2.91. The lowest BCUT2D eigenvalue weighted by atomic mass is 9.75. The number of hydrogen-bond acceptors (Lipinski definition) is 3. The fraction of sp³-hybridized carbons (Fsp3) is 0.625. The summed E-state index contributed by atoms with van der Waals surface area (Å²) in [7, 11) is 1.74. The Hall–Kier alpha value is -1.06. The average Bonchev–Trinajstić information content (AvgIpc) is 2.41. The lowest BCUT2D eigenvalue weighted by Gasteiger charge is -2.39. The van der Waals surface area contributed by atoms with Gasteiger partial charge in [-0.25, -0.2) is 0 Å². The third-order valence-corrected chi connectivity index (χ3v) is 4.16. The average molecular weight is 263 g/mol. The summed E-state index contributed by atoms with van der Waals surface area (Å²) in [6.45, 7) is 2.44. The van der Waals surface area contributed by atoms with Crippen LogP contribution in [0.15, 0.2) is 24.3 Å². The van der Waals surface area contributed by atoms with Gasteiger partial charge in [0.05, 0.1) is 7.11 Å². The Kier molecular flexibility index (Phi) is 5.23. The van der Waals surface area contributed by atoms with Crippen molar-refractivity contribution in [2.45, 2.75) is 50.6 Å². The number of aliphatic hydroxyl groups excluding tert-OH is 1. The van der Waals surface area contributed by atoms with Gasteiger partial charge in [-0.15, -0.1) is 0 Å². The molecule has 1 saturated carbocycles. The molecular formula is C16H25NO2. The molecule has 1 fully saturated rings. The summed E-state index contributed by atoms with van der Waals surface area (Å²) < 4.78 is 5.42. The normalized spacial score (nSPS) is 23.7. The van der Waals surface area contributed by atoms with E-state index in [9.17, 15) is 0 Å². The van der Waals surface area contributed by atoms with E-state index in [1.165, 1.54) is 18.4 Å². The van der Waals surface area contributed by atoms with Gasteiger partial charge in [-0.05, 0) is 43.2 Å². The highest BCUT2D eigenvalue weighted by Crippen LogP contribution is 2.41. The van der Waals surface area contributed by atoms with Gasteiger partial charge < -0.3 is 15.2 Å². The SMILES string of the molecule is CCC(CCO)NC1CC(c2ccccc2OC)C1. The summed E-state index contributed by atoms with van der Waals surface area (Å²) in [5.74, 6) is 1.62. The molecule has 1 aliphatic rings. The molecule has 1 aliphatic carbocycles. The van der Waals surface area contributed by atoms with E-state index in [1.54, 1.807) is 7.11 Å². The molecule has 3 nitrogen and oxygen atoms in total. The Balaban J connectivity index is 1.85. The number of hydrogen-bond donors (Lipinski definition) is 2. The lowest BCUT2D eigenvalue weighted by Crippen LogP contribution is -2.45. The van der Waals surface area contributed by atoms with Crippen LogP contribution >= 0.6 is 0 Å². The molecule has 1 atom stereocenters. The molecule has 1 aromatic rings. The van der Waals surface area contributed by atoms with Gasteiger partial charge in [0.15, 0.2) is 0 Å². The molecule has 3 heteroatoms. The van der Waals surface area contributed by atoms with Gasteiger partial charge in [-0.3, -0.25) is 0 Å². The molecule has 0 aliphatic heterocycles. The Morgan fingerprint density at radius 1 is 1.37 bits per heavy atom. The topological polar surface area (TPSA) is 41.5 Å². The van der Waals surface area contributed by atoms with Crippen molar-refractivity contribution in [3.05, 3.63) is 29.8 Å². The lowest BCUT2D eigenvalue weighted by molar-refractivity contribution is 0.219. The first-order chi connectivity index (χ1) is 9.28. The maximum Gasteiger partial charge on any atom is 0.122 e. The van der Waals surface area contributed by atoms with Crippen LogP contribution < -0.4 is 10.1 Å². The van der Waals surface area contributed by atoms with Gasteiger partial charge in [0.2, 0.25) is 0 Å². The van der Waals surface area contributed by atoms with E-state index in [-0.39, 0.29) is 6.61 Å². The standard InChI is InChI=1S/C16H25NO2/c1-3-13(8-9-18)17-14-10-12(11-14)15-6-4-5-7-16(15)19-2/h4-7,12-14,17-18H,3,8-11H2,1-2H3. The highest BCUT2D eigenvalue weighted by atomic mass is 16.5. The maximum absolute atomic E-state index is 9.01. The first kappa shape index (κ1) is 14.4. The van der Waals surface area contributed by atoms with Crippen molar-refractivity contribution in [1.82, 2.24) is 5.32 Å². The van der Waals surface area contributed by atoms with Gasteiger partial charge in [0, 0.05) is 18.7 Å². The summed E-state index contributed by atoms with van der Waals surface area (Å²) in [6, 6.07) is 9.35. The second-order valence-electron chi connectivity index (χ2n) is 5.39. The molecule has 0 radical (unpaired) electrons. The quantitative estimate of drug-likeness (QED) is 0.794. The van der Waals surface area contributed by atoms with Crippen LogP contribution in [-0.4, -0.2) is 30.9 Å².